The van der Waals surface area contributed by atoms with Crippen LogP contribution in [0.2, 0.25) is 0 Å². The topological polar surface area (TPSA) is 88.1 Å². The molecule has 0 spiro atoms. The minimum Gasteiger partial charge on any atom is -0.307 e. The molecule has 0 atom stereocenters. The minimum absolute atomic E-state index is 0.259. The molecule has 3 aromatic rings. The van der Waals surface area contributed by atoms with E-state index in [-0.39, 0.29) is 18.0 Å². The second-order valence-corrected chi connectivity index (χ2v) is 6.54. The van der Waals surface area contributed by atoms with Gasteiger partial charge in [0, 0.05) is 29.3 Å². The Kier molecular flexibility index (Phi) is 5.03. The molecule has 3 rings (SSSR count). The number of amides is 1. The quantitative estimate of drug-likeness (QED) is 0.707. The summed E-state index contributed by atoms with van der Waals surface area (Å²) in [5.74, 6) is 0.264. The first-order chi connectivity index (χ1) is 12.5. The van der Waals surface area contributed by atoms with Crippen LogP contribution in [0.4, 0.5) is 5.82 Å². The molecular formula is C18H17BrN4O3. The van der Waals surface area contributed by atoms with Crippen LogP contribution in [0.25, 0.3) is 10.9 Å². The normalized spacial score (nSPS) is 10.9. The van der Waals surface area contributed by atoms with E-state index in [0.29, 0.717) is 28.8 Å². The van der Waals surface area contributed by atoms with Gasteiger partial charge in [0.25, 0.3) is 11.5 Å². The average Bonchev–Trinajstić information content (AvgIpc) is 2.63. The molecule has 0 unspecified atom stereocenters. The third-order valence-electron chi connectivity index (χ3n) is 4.09. The van der Waals surface area contributed by atoms with Crippen molar-refractivity contribution in [2.45, 2.75) is 20.4 Å². The predicted molar refractivity (Wildman–Crippen MR) is 104 cm³/mol. The Morgan fingerprint density at radius 2 is 2.00 bits per heavy atom. The monoisotopic (exact) mass is 416 g/mol. The van der Waals surface area contributed by atoms with Crippen LogP contribution in [0.1, 0.15) is 24.2 Å². The number of nitrogens with zero attached hydrogens (tertiary/aromatic N) is 3. The summed E-state index contributed by atoms with van der Waals surface area (Å²) in [5.41, 5.74) is -0.146. The van der Waals surface area contributed by atoms with Gasteiger partial charge in [0.05, 0.1) is 10.9 Å². The Morgan fingerprint density at radius 3 is 2.62 bits per heavy atom. The van der Waals surface area contributed by atoms with Gasteiger partial charge in [-0.2, -0.15) is 0 Å². The lowest BCUT2D eigenvalue weighted by molar-refractivity contribution is 0.0987. The highest BCUT2D eigenvalue weighted by Gasteiger charge is 2.18. The molecule has 1 amide bonds. The molecule has 0 aliphatic carbocycles. The van der Waals surface area contributed by atoms with Crippen molar-refractivity contribution in [3.63, 3.8) is 0 Å². The Labute approximate surface area is 157 Å². The van der Waals surface area contributed by atoms with Crippen molar-refractivity contribution in [1.82, 2.24) is 14.5 Å². The van der Waals surface area contributed by atoms with Gasteiger partial charge in [0.15, 0.2) is 0 Å². The van der Waals surface area contributed by atoms with Gasteiger partial charge >= 0.3 is 5.69 Å². The Bertz CT molecular complexity index is 1090. The summed E-state index contributed by atoms with van der Waals surface area (Å²) in [7, 11) is 0. The number of benzene rings is 1. The van der Waals surface area contributed by atoms with Crippen molar-refractivity contribution in [3.8, 4) is 0 Å². The summed E-state index contributed by atoms with van der Waals surface area (Å²) in [5, 5.41) is 0.368. The number of pyridine rings is 1. The summed E-state index contributed by atoms with van der Waals surface area (Å²) in [4.78, 5) is 45.7. The standard InChI is InChI=1S/C18H17BrN4O3/c1-3-22(15-8-6-12(19)10-20-15)16(24)11-5-7-13-14(9-11)21-18(26)23(4-2)17(13)25/h5-10H,3-4H2,1-2H3,(H,21,26). The van der Waals surface area contributed by atoms with E-state index in [1.807, 2.05) is 13.0 Å². The molecule has 0 aliphatic rings. The molecule has 134 valence electrons. The van der Waals surface area contributed by atoms with Crippen LogP contribution in [-0.4, -0.2) is 27.0 Å². The number of anilines is 1. The number of carbonyl (C=O) groups is 1. The molecule has 0 fully saturated rings. The summed E-state index contributed by atoms with van der Waals surface area (Å²) in [6.07, 6.45) is 1.62. The van der Waals surface area contributed by atoms with E-state index in [1.165, 1.54) is 11.0 Å². The molecule has 2 heterocycles. The highest BCUT2D eigenvalue weighted by Crippen LogP contribution is 2.18. The number of hydrogen-bond donors (Lipinski definition) is 1. The molecule has 8 heteroatoms. The Balaban J connectivity index is 2.06. The lowest BCUT2D eigenvalue weighted by atomic mass is 10.1. The van der Waals surface area contributed by atoms with Gasteiger partial charge in [-0.25, -0.2) is 9.78 Å². The van der Waals surface area contributed by atoms with Crippen LogP contribution < -0.4 is 16.1 Å². The lowest BCUT2D eigenvalue weighted by Crippen LogP contribution is -2.35. The van der Waals surface area contributed by atoms with Crippen LogP contribution in [0.15, 0.2) is 50.6 Å². The maximum Gasteiger partial charge on any atom is 0.328 e. The first kappa shape index (κ1) is 18.1. The molecule has 0 radical (unpaired) electrons. The van der Waals surface area contributed by atoms with Crippen molar-refractivity contribution in [1.29, 1.82) is 0 Å². The van der Waals surface area contributed by atoms with Gasteiger partial charge in [0.1, 0.15) is 5.82 Å². The van der Waals surface area contributed by atoms with Gasteiger partial charge in [-0.15, -0.1) is 0 Å². The molecule has 0 saturated carbocycles. The molecule has 0 aliphatic heterocycles. The number of H-pyrrole nitrogens is 1. The smallest absolute Gasteiger partial charge is 0.307 e. The van der Waals surface area contributed by atoms with Crippen molar-refractivity contribution in [2.24, 2.45) is 0 Å². The summed E-state index contributed by atoms with van der Waals surface area (Å²) in [6, 6.07) is 8.24. The van der Waals surface area contributed by atoms with Gasteiger partial charge in [-0.05, 0) is 60.1 Å². The zero-order valence-corrected chi connectivity index (χ0v) is 15.9. The second kappa shape index (κ2) is 7.25. The predicted octanol–water partition coefficient (Wildman–Crippen LogP) is 2.53. The van der Waals surface area contributed by atoms with Crippen LogP contribution in [0.3, 0.4) is 0 Å². The first-order valence-corrected chi connectivity index (χ1v) is 8.95. The van der Waals surface area contributed by atoms with Crippen molar-refractivity contribution in [3.05, 3.63) is 67.4 Å². The van der Waals surface area contributed by atoms with Crippen LogP contribution in [0, 0.1) is 0 Å². The summed E-state index contributed by atoms with van der Waals surface area (Å²) in [6.45, 7) is 4.29. The number of halogens is 1. The van der Waals surface area contributed by atoms with Crippen molar-refractivity contribution < 1.29 is 4.79 Å². The second-order valence-electron chi connectivity index (χ2n) is 5.62. The van der Waals surface area contributed by atoms with E-state index in [4.69, 9.17) is 0 Å². The zero-order valence-electron chi connectivity index (χ0n) is 14.3. The fraction of sp³-hybridized carbons (Fsp3) is 0.222. The zero-order chi connectivity index (χ0) is 18.8. The van der Waals surface area contributed by atoms with Crippen LogP contribution >= 0.6 is 15.9 Å². The Hall–Kier alpha value is -2.74. The fourth-order valence-corrected chi connectivity index (χ4v) is 3.00. The number of rotatable bonds is 4. The molecule has 1 aromatic carbocycles. The minimum atomic E-state index is -0.489. The number of aromatic amines is 1. The first-order valence-electron chi connectivity index (χ1n) is 8.16. The van der Waals surface area contributed by atoms with E-state index < -0.39 is 5.69 Å². The molecular weight excluding hydrogens is 400 g/mol. The number of fused-ring (bicyclic) bond motifs is 1. The van der Waals surface area contributed by atoms with Gasteiger partial charge in [-0.1, -0.05) is 0 Å². The maximum atomic E-state index is 12.9. The number of nitrogens with one attached hydrogen (secondary N) is 1. The maximum absolute atomic E-state index is 12.9. The van der Waals surface area contributed by atoms with E-state index >= 15 is 0 Å². The summed E-state index contributed by atoms with van der Waals surface area (Å²) >= 11 is 3.32. The van der Waals surface area contributed by atoms with E-state index in [1.54, 1.807) is 31.3 Å². The lowest BCUT2D eigenvalue weighted by Gasteiger charge is -2.20. The highest BCUT2D eigenvalue weighted by atomic mass is 79.9. The largest absolute Gasteiger partial charge is 0.328 e. The average molecular weight is 417 g/mol. The highest BCUT2D eigenvalue weighted by molar-refractivity contribution is 9.10. The van der Waals surface area contributed by atoms with Gasteiger partial charge in [0.2, 0.25) is 0 Å². The van der Waals surface area contributed by atoms with Crippen LogP contribution in [-0.2, 0) is 6.54 Å². The molecule has 0 saturated heterocycles. The van der Waals surface area contributed by atoms with Crippen molar-refractivity contribution in [2.75, 3.05) is 11.4 Å². The molecule has 26 heavy (non-hydrogen) atoms. The Morgan fingerprint density at radius 1 is 1.23 bits per heavy atom. The molecule has 0 bridgehead atoms. The van der Waals surface area contributed by atoms with Crippen LogP contribution in [0.5, 0.6) is 0 Å². The molecule has 2 aromatic heterocycles. The number of carbonyl (C=O) groups excluding carboxylic acids is 1. The molecule has 1 N–H and O–H groups in total. The van der Waals surface area contributed by atoms with E-state index in [0.717, 1.165) is 9.04 Å². The van der Waals surface area contributed by atoms with Gasteiger partial charge < -0.3 is 4.98 Å². The summed E-state index contributed by atoms with van der Waals surface area (Å²) < 4.78 is 1.94. The van der Waals surface area contributed by atoms with E-state index in [2.05, 4.69) is 25.9 Å². The third-order valence-corrected chi connectivity index (χ3v) is 4.56. The third kappa shape index (κ3) is 3.20. The fourth-order valence-electron chi connectivity index (χ4n) is 2.77. The SMILES string of the molecule is CCN(C(=O)c1ccc2c(=O)n(CC)c(=O)[nH]c2c1)c1ccc(Br)cn1. The van der Waals surface area contributed by atoms with E-state index in [9.17, 15) is 14.4 Å². The van der Waals surface area contributed by atoms with Gasteiger partial charge in [-0.3, -0.25) is 19.1 Å². The molecule has 7 nitrogen and oxygen atoms in total. The number of aromatic nitrogens is 3. The number of hydrogen-bond acceptors (Lipinski definition) is 4. The van der Waals surface area contributed by atoms with Crippen molar-refractivity contribution >= 4 is 38.6 Å².